The van der Waals surface area contributed by atoms with Gasteiger partial charge in [0.1, 0.15) is 0 Å². The summed E-state index contributed by atoms with van der Waals surface area (Å²) in [5.74, 6) is -3.86. The third-order valence-corrected chi connectivity index (χ3v) is 2.50. The molecule has 0 atom stereocenters. The quantitative estimate of drug-likeness (QED) is 0.301. The van der Waals surface area contributed by atoms with Crippen molar-refractivity contribution in [2.75, 3.05) is 6.61 Å². The van der Waals surface area contributed by atoms with E-state index in [4.69, 9.17) is 0 Å². The van der Waals surface area contributed by atoms with Crippen LogP contribution in [0.2, 0.25) is 0 Å². The van der Waals surface area contributed by atoms with E-state index >= 15 is 0 Å². The first-order chi connectivity index (χ1) is 8.67. The first-order valence-electron chi connectivity index (χ1n) is 5.63. The Bertz CT molecular complexity index is 407. The Balaban J connectivity index is 5.32. The van der Waals surface area contributed by atoms with Crippen LogP contribution in [-0.4, -0.2) is 34.7 Å². The molecular weight excluding hydrogens is 252 g/mol. The SMILES string of the molecule is C=C(C)CC(CC(=C)C(=O)OCC)(C(=O)O)C(=O)O. The van der Waals surface area contributed by atoms with Gasteiger partial charge < -0.3 is 14.9 Å². The van der Waals surface area contributed by atoms with Crippen molar-refractivity contribution in [3.63, 3.8) is 0 Å². The second-order valence-corrected chi connectivity index (χ2v) is 4.33. The fourth-order valence-electron chi connectivity index (χ4n) is 1.64. The summed E-state index contributed by atoms with van der Waals surface area (Å²) >= 11 is 0. The second-order valence-electron chi connectivity index (χ2n) is 4.33. The lowest BCUT2D eigenvalue weighted by Crippen LogP contribution is -2.40. The minimum absolute atomic E-state index is 0.103. The van der Waals surface area contributed by atoms with Gasteiger partial charge in [0, 0.05) is 12.0 Å². The van der Waals surface area contributed by atoms with Gasteiger partial charge in [-0.15, -0.1) is 6.58 Å². The van der Waals surface area contributed by atoms with E-state index in [0.29, 0.717) is 5.57 Å². The fraction of sp³-hybridized carbons (Fsp3) is 0.462. The molecule has 0 aromatic heterocycles. The van der Waals surface area contributed by atoms with Crippen LogP contribution in [0.25, 0.3) is 0 Å². The maximum absolute atomic E-state index is 11.4. The molecule has 0 unspecified atom stereocenters. The lowest BCUT2D eigenvalue weighted by atomic mass is 9.77. The van der Waals surface area contributed by atoms with E-state index in [-0.39, 0.29) is 18.6 Å². The summed E-state index contributed by atoms with van der Waals surface area (Å²) in [6.45, 7) is 10.1. The highest BCUT2D eigenvalue weighted by Gasteiger charge is 2.47. The number of carboxylic acids is 2. The summed E-state index contributed by atoms with van der Waals surface area (Å²) in [5.41, 5.74) is -1.94. The average Bonchev–Trinajstić information content (AvgIpc) is 2.26. The number of aliphatic carboxylic acids is 2. The Labute approximate surface area is 111 Å². The molecule has 0 aromatic rings. The molecule has 0 heterocycles. The Morgan fingerprint density at radius 2 is 1.58 bits per heavy atom. The zero-order valence-corrected chi connectivity index (χ0v) is 11.1. The second kappa shape index (κ2) is 6.72. The van der Waals surface area contributed by atoms with E-state index in [2.05, 4.69) is 17.9 Å². The lowest BCUT2D eigenvalue weighted by molar-refractivity contribution is -0.164. The van der Waals surface area contributed by atoms with Crippen molar-refractivity contribution in [1.29, 1.82) is 0 Å². The summed E-state index contributed by atoms with van der Waals surface area (Å²) in [7, 11) is 0. The Morgan fingerprint density at radius 3 is 1.89 bits per heavy atom. The molecule has 0 rings (SSSR count). The summed E-state index contributed by atoms with van der Waals surface area (Å²) < 4.78 is 4.67. The molecule has 2 N–H and O–H groups in total. The maximum atomic E-state index is 11.4. The zero-order valence-electron chi connectivity index (χ0n) is 11.1. The van der Waals surface area contributed by atoms with Gasteiger partial charge in [0.15, 0.2) is 5.41 Å². The molecule has 0 amide bonds. The molecule has 106 valence electrons. The van der Waals surface area contributed by atoms with Gasteiger partial charge in [-0.1, -0.05) is 12.2 Å². The van der Waals surface area contributed by atoms with Gasteiger partial charge >= 0.3 is 17.9 Å². The van der Waals surface area contributed by atoms with Gasteiger partial charge in [-0.05, 0) is 20.3 Å². The van der Waals surface area contributed by atoms with E-state index < -0.39 is 29.7 Å². The van der Waals surface area contributed by atoms with Crippen LogP contribution < -0.4 is 0 Å². The highest BCUT2D eigenvalue weighted by atomic mass is 16.5. The van der Waals surface area contributed by atoms with Crippen molar-refractivity contribution < 1.29 is 29.3 Å². The van der Waals surface area contributed by atoms with E-state index in [1.807, 2.05) is 0 Å². The molecule has 0 aliphatic heterocycles. The van der Waals surface area contributed by atoms with Crippen LogP contribution in [0, 0.1) is 5.41 Å². The standard InChI is InChI=1S/C13H18O6/c1-5-19-10(14)9(4)7-13(11(15)16,12(17)18)6-8(2)3/h2,4-7H2,1,3H3,(H,15,16)(H,17,18). The molecule has 6 heteroatoms. The molecule has 19 heavy (non-hydrogen) atoms. The van der Waals surface area contributed by atoms with Crippen LogP contribution in [-0.2, 0) is 19.1 Å². The van der Waals surface area contributed by atoms with Crippen molar-refractivity contribution in [2.24, 2.45) is 5.41 Å². The van der Waals surface area contributed by atoms with Crippen molar-refractivity contribution in [3.8, 4) is 0 Å². The summed E-state index contributed by atoms with van der Waals surface area (Å²) in [6.07, 6.45) is -0.806. The third-order valence-electron chi connectivity index (χ3n) is 2.50. The molecule has 0 fully saturated rings. The molecule has 0 aromatic carbocycles. The molecule has 0 saturated carbocycles. The van der Waals surface area contributed by atoms with Gasteiger partial charge in [-0.2, -0.15) is 0 Å². The number of hydrogen-bond donors (Lipinski definition) is 2. The summed E-state index contributed by atoms with van der Waals surface area (Å²) in [6, 6.07) is 0. The normalized spacial score (nSPS) is 10.6. The first kappa shape index (κ1) is 16.9. The molecular formula is C13H18O6. The van der Waals surface area contributed by atoms with Crippen LogP contribution in [0.3, 0.4) is 0 Å². The summed E-state index contributed by atoms with van der Waals surface area (Å²) in [5, 5.41) is 18.4. The fourth-order valence-corrected chi connectivity index (χ4v) is 1.64. The number of esters is 1. The van der Waals surface area contributed by atoms with E-state index in [1.54, 1.807) is 6.92 Å². The Kier molecular flexibility index (Phi) is 5.98. The highest BCUT2D eigenvalue weighted by molar-refractivity contribution is 6.00. The largest absolute Gasteiger partial charge is 0.480 e. The van der Waals surface area contributed by atoms with Gasteiger partial charge in [-0.25, -0.2) is 4.79 Å². The van der Waals surface area contributed by atoms with Gasteiger partial charge in [0.2, 0.25) is 0 Å². The van der Waals surface area contributed by atoms with Crippen LogP contribution >= 0.6 is 0 Å². The maximum Gasteiger partial charge on any atom is 0.333 e. The lowest BCUT2D eigenvalue weighted by Gasteiger charge is -2.25. The van der Waals surface area contributed by atoms with Crippen molar-refractivity contribution in [3.05, 3.63) is 24.3 Å². The smallest absolute Gasteiger partial charge is 0.333 e. The van der Waals surface area contributed by atoms with E-state index in [0.717, 1.165) is 0 Å². The Morgan fingerprint density at radius 1 is 1.11 bits per heavy atom. The molecule has 0 saturated heterocycles. The molecule has 0 aliphatic rings. The molecule has 0 spiro atoms. The number of hydrogen-bond acceptors (Lipinski definition) is 4. The predicted molar refractivity (Wildman–Crippen MR) is 67.5 cm³/mol. The van der Waals surface area contributed by atoms with Crippen LogP contribution in [0.1, 0.15) is 26.7 Å². The molecule has 0 aliphatic carbocycles. The average molecular weight is 270 g/mol. The number of carboxylic acid groups (broad SMARTS) is 2. The molecule has 0 radical (unpaired) electrons. The summed E-state index contributed by atoms with van der Waals surface area (Å²) in [4.78, 5) is 34.0. The number of carbonyl (C=O) groups excluding carboxylic acids is 1. The number of allylic oxidation sites excluding steroid dienone is 1. The van der Waals surface area contributed by atoms with Gasteiger partial charge in [0.25, 0.3) is 0 Å². The zero-order chi connectivity index (χ0) is 15.2. The Hall–Kier alpha value is -2.11. The number of rotatable bonds is 8. The topological polar surface area (TPSA) is 101 Å². The molecule has 6 nitrogen and oxygen atoms in total. The van der Waals surface area contributed by atoms with E-state index in [9.17, 15) is 24.6 Å². The van der Waals surface area contributed by atoms with Crippen molar-refractivity contribution in [2.45, 2.75) is 26.7 Å². The predicted octanol–water partition coefficient (Wildman–Crippen LogP) is 1.62. The van der Waals surface area contributed by atoms with Crippen LogP contribution in [0.15, 0.2) is 24.3 Å². The van der Waals surface area contributed by atoms with Gasteiger partial charge in [0.05, 0.1) is 6.61 Å². The minimum Gasteiger partial charge on any atom is -0.480 e. The van der Waals surface area contributed by atoms with Crippen LogP contribution in [0.5, 0.6) is 0 Å². The first-order valence-corrected chi connectivity index (χ1v) is 5.63. The van der Waals surface area contributed by atoms with Crippen LogP contribution in [0.4, 0.5) is 0 Å². The van der Waals surface area contributed by atoms with Gasteiger partial charge in [-0.3, -0.25) is 9.59 Å². The highest BCUT2D eigenvalue weighted by Crippen LogP contribution is 2.34. The van der Waals surface area contributed by atoms with Crippen molar-refractivity contribution in [1.82, 2.24) is 0 Å². The monoisotopic (exact) mass is 270 g/mol. The van der Waals surface area contributed by atoms with E-state index in [1.165, 1.54) is 6.92 Å². The third kappa shape index (κ3) is 4.24. The van der Waals surface area contributed by atoms with Crippen molar-refractivity contribution >= 4 is 17.9 Å². The molecule has 0 bridgehead atoms. The number of carbonyl (C=O) groups is 3. The number of ether oxygens (including phenoxy) is 1. The minimum atomic E-state index is -2.14.